The van der Waals surface area contributed by atoms with Crippen LogP contribution in [0.3, 0.4) is 0 Å². The third-order valence-electron chi connectivity index (χ3n) is 3.58. The molecule has 2 rings (SSSR count). The highest BCUT2D eigenvalue weighted by Crippen LogP contribution is 2.36. The maximum absolute atomic E-state index is 12.3. The van der Waals surface area contributed by atoms with Gasteiger partial charge in [0.2, 0.25) is 0 Å². The molecule has 1 aromatic heterocycles. The van der Waals surface area contributed by atoms with E-state index in [1.165, 1.54) is 26.2 Å². The van der Waals surface area contributed by atoms with Gasteiger partial charge in [-0.25, -0.2) is 9.78 Å². The zero-order valence-corrected chi connectivity index (χ0v) is 15.4. The van der Waals surface area contributed by atoms with Crippen molar-refractivity contribution in [3.8, 4) is 11.5 Å². The minimum absolute atomic E-state index is 0.0598. The van der Waals surface area contributed by atoms with Gasteiger partial charge in [0.05, 0.1) is 30.0 Å². The molecule has 1 heterocycles. The summed E-state index contributed by atoms with van der Waals surface area (Å²) in [6, 6.07) is 6.14. The first kappa shape index (κ1) is 19.5. The van der Waals surface area contributed by atoms with Crippen LogP contribution in [0.1, 0.15) is 39.0 Å². The van der Waals surface area contributed by atoms with E-state index in [1.54, 1.807) is 12.1 Å². The van der Waals surface area contributed by atoms with E-state index < -0.39 is 11.9 Å². The van der Waals surface area contributed by atoms with Gasteiger partial charge in [-0.3, -0.25) is 4.79 Å². The molecule has 0 saturated heterocycles. The van der Waals surface area contributed by atoms with Crippen LogP contribution in [0.5, 0.6) is 11.5 Å². The van der Waals surface area contributed by atoms with Crippen molar-refractivity contribution in [2.75, 3.05) is 13.7 Å². The molecule has 138 valence electrons. The third kappa shape index (κ3) is 4.43. The number of benzene rings is 1. The lowest BCUT2D eigenvalue weighted by molar-refractivity contribution is 0.0694. The van der Waals surface area contributed by atoms with Crippen molar-refractivity contribution in [1.82, 2.24) is 10.3 Å². The van der Waals surface area contributed by atoms with Crippen molar-refractivity contribution in [2.24, 2.45) is 0 Å². The van der Waals surface area contributed by atoms with Crippen molar-refractivity contribution < 1.29 is 24.2 Å². The zero-order chi connectivity index (χ0) is 19.3. The Balaban J connectivity index is 2.13. The summed E-state index contributed by atoms with van der Waals surface area (Å²) in [5.41, 5.74) is 1.19. The van der Waals surface area contributed by atoms with Crippen LogP contribution in [0.2, 0.25) is 5.02 Å². The second kappa shape index (κ2) is 8.53. The molecule has 0 bridgehead atoms. The number of hydrogen-bond donors (Lipinski definition) is 2. The van der Waals surface area contributed by atoms with Crippen molar-refractivity contribution in [3.63, 3.8) is 0 Å². The van der Waals surface area contributed by atoms with E-state index in [9.17, 15) is 9.59 Å². The largest absolute Gasteiger partial charge is 0.493 e. The molecular formula is C18H19ClN2O5. The molecule has 0 fully saturated rings. The Hall–Kier alpha value is -2.80. The summed E-state index contributed by atoms with van der Waals surface area (Å²) in [7, 11) is 1.51. The molecule has 2 aromatic rings. The van der Waals surface area contributed by atoms with Gasteiger partial charge in [0, 0.05) is 6.54 Å². The summed E-state index contributed by atoms with van der Waals surface area (Å²) in [5, 5.41) is 12.1. The zero-order valence-electron chi connectivity index (χ0n) is 14.6. The van der Waals surface area contributed by atoms with Gasteiger partial charge < -0.3 is 19.9 Å². The van der Waals surface area contributed by atoms with Crippen LogP contribution in [0.15, 0.2) is 24.3 Å². The number of ether oxygens (including phenoxy) is 2. The number of pyridine rings is 1. The van der Waals surface area contributed by atoms with Crippen LogP contribution in [0.4, 0.5) is 0 Å². The minimum atomic E-state index is -1.09. The second-order valence-electron chi connectivity index (χ2n) is 5.36. The number of carboxylic acids is 1. The predicted molar refractivity (Wildman–Crippen MR) is 96.3 cm³/mol. The van der Waals surface area contributed by atoms with Crippen LogP contribution in [-0.4, -0.2) is 35.7 Å². The Labute approximate surface area is 155 Å². The Bertz CT molecular complexity index is 839. The van der Waals surface area contributed by atoms with Gasteiger partial charge >= 0.3 is 5.97 Å². The molecule has 8 heteroatoms. The summed E-state index contributed by atoms with van der Waals surface area (Å²) in [6.07, 6.45) is 0. The quantitative estimate of drug-likeness (QED) is 0.768. The van der Waals surface area contributed by atoms with Crippen LogP contribution < -0.4 is 14.8 Å². The van der Waals surface area contributed by atoms with Crippen LogP contribution >= 0.6 is 11.6 Å². The number of methoxy groups -OCH3 is 1. The highest BCUT2D eigenvalue weighted by molar-refractivity contribution is 6.32. The standard InChI is InChI=1S/C18H19ClN2O5/c1-4-26-16-13(19)7-11(8-15(16)25-3)9-20-17(22)14-6-5-12(18(23)24)10(2)21-14/h5-8H,4,9H2,1-3H3,(H,20,22)(H,23,24). The molecule has 0 radical (unpaired) electrons. The molecular weight excluding hydrogens is 360 g/mol. The lowest BCUT2D eigenvalue weighted by atomic mass is 10.1. The highest BCUT2D eigenvalue weighted by Gasteiger charge is 2.15. The number of carboxylic acid groups (broad SMARTS) is 1. The topological polar surface area (TPSA) is 97.8 Å². The van der Waals surface area contributed by atoms with Crippen molar-refractivity contribution in [2.45, 2.75) is 20.4 Å². The molecule has 1 aromatic carbocycles. The predicted octanol–water partition coefficient (Wildman–Crippen LogP) is 3.08. The second-order valence-corrected chi connectivity index (χ2v) is 5.77. The number of nitrogens with one attached hydrogen (secondary N) is 1. The summed E-state index contributed by atoms with van der Waals surface area (Å²) in [4.78, 5) is 27.3. The van der Waals surface area contributed by atoms with E-state index in [0.29, 0.717) is 23.1 Å². The number of halogens is 1. The first-order valence-corrected chi connectivity index (χ1v) is 8.23. The van der Waals surface area contributed by atoms with Gasteiger partial charge in [0.1, 0.15) is 5.69 Å². The van der Waals surface area contributed by atoms with Crippen molar-refractivity contribution in [1.29, 1.82) is 0 Å². The number of carbonyl (C=O) groups excluding carboxylic acids is 1. The van der Waals surface area contributed by atoms with Gasteiger partial charge in [-0.05, 0) is 43.7 Å². The van der Waals surface area contributed by atoms with E-state index in [2.05, 4.69) is 10.3 Å². The lowest BCUT2D eigenvalue weighted by Crippen LogP contribution is -2.24. The molecule has 0 aliphatic heterocycles. The number of carbonyl (C=O) groups is 2. The third-order valence-corrected chi connectivity index (χ3v) is 3.86. The summed E-state index contributed by atoms with van der Waals surface area (Å²) in [5.74, 6) is -0.580. The maximum Gasteiger partial charge on any atom is 0.337 e. The Morgan fingerprint density at radius 2 is 2.04 bits per heavy atom. The smallest absolute Gasteiger partial charge is 0.337 e. The normalized spacial score (nSPS) is 10.3. The van der Waals surface area contributed by atoms with Crippen LogP contribution in [0.25, 0.3) is 0 Å². The van der Waals surface area contributed by atoms with Crippen LogP contribution in [0, 0.1) is 6.92 Å². The van der Waals surface area contributed by atoms with E-state index in [1.807, 2.05) is 6.92 Å². The van der Waals surface area contributed by atoms with E-state index >= 15 is 0 Å². The van der Waals surface area contributed by atoms with E-state index in [-0.39, 0.29) is 23.5 Å². The summed E-state index contributed by atoms with van der Waals surface area (Å²) >= 11 is 6.21. The van der Waals surface area contributed by atoms with Crippen molar-refractivity contribution >= 4 is 23.5 Å². The monoisotopic (exact) mass is 378 g/mol. The summed E-state index contributed by atoms with van der Waals surface area (Å²) in [6.45, 7) is 4.03. The Kier molecular flexibility index (Phi) is 6.41. The summed E-state index contributed by atoms with van der Waals surface area (Å²) < 4.78 is 10.7. The molecule has 0 spiro atoms. The van der Waals surface area contributed by atoms with Gasteiger partial charge in [-0.1, -0.05) is 11.6 Å². The van der Waals surface area contributed by atoms with E-state index in [0.717, 1.165) is 5.56 Å². The average Bonchev–Trinajstić information content (AvgIpc) is 2.61. The molecule has 0 aliphatic rings. The lowest BCUT2D eigenvalue weighted by Gasteiger charge is -2.13. The van der Waals surface area contributed by atoms with Gasteiger partial charge in [0.15, 0.2) is 11.5 Å². The molecule has 0 atom stereocenters. The number of hydrogen-bond acceptors (Lipinski definition) is 5. The number of amides is 1. The highest BCUT2D eigenvalue weighted by atomic mass is 35.5. The fraction of sp³-hybridized carbons (Fsp3) is 0.278. The number of nitrogens with zero attached hydrogens (tertiary/aromatic N) is 1. The number of aryl methyl sites for hydroxylation is 1. The molecule has 1 amide bonds. The van der Waals surface area contributed by atoms with Crippen molar-refractivity contribution in [3.05, 3.63) is 51.8 Å². The molecule has 26 heavy (non-hydrogen) atoms. The molecule has 0 aliphatic carbocycles. The minimum Gasteiger partial charge on any atom is -0.493 e. The maximum atomic E-state index is 12.3. The first-order valence-electron chi connectivity index (χ1n) is 7.85. The van der Waals surface area contributed by atoms with Gasteiger partial charge in [-0.15, -0.1) is 0 Å². The Morgan fingerprint density at radius 3 is 2.62 bits per heavy atom. The van der Waals surface area contributed by atoms with Gasteiger partial charge in [-0.2, -0.15) is 0 Å². The molecule has 0 saturated carbocycles. The van der Waals surface area contributed by atoms with Gasteiger partial charge in [0.25, 0.3) is 5.91 Å². The first-order chi connectivity index (χ1) is 12.4. The number of aromatic carboxylic acids is 1. The fourth-order valence-corrected chi connectivity index (χ4v) is 2.63. The molecule has 7 nitrogen and oxygen atoms in total. The Morgan fingerprint density at radius 1 is 1.31 bits per heavy atom. The van der Waals surface area contributed by atoms with E-state index in [4.69, 9.17) is 26.2 Å². The number of rotatable bonds is 7. The molecule has 2 N–H and O–H groups in total. The SMILES string of the molecule is CCOc1c(Cl)cc(CNC(=O)c2ccc(C(=O)O)c(C)n2)cc1OC. The molecule has 0 unspecified atom stereocenters. The average molecular weight is 379 g/mol. The number of aromatic nitrogens is 1. The fourth-order valence-electron chi connectivity index (χ4n) is 2.35. The van der Waals surface area contributed by atoms with Crippen LogP contribution in [-0.2, 0) is 6.54 Å².